The normalized spacial score (nSPS) is 20.8. The maximum atomic E-state index is 12.6. The highest BCUT2D eigenvalue weighted by molar-refractivity contribution is 5.97. The molecule has 2 rings (SSSR count). The van der Waals surface area contributed by atoms with Gasteiger partial charge >= 0.3 is 5.97 Å². The van der Waals surface area contributed by atoms with Gasteiger partial charge in [0.1, 0.15) is 12.1 Å². The van der Waals surface area contributed by atoms with Crippen LogP contribution < -0.4 is 5.32 Å². The lowest BCUT2D eigenvalue weighted by Crippen LogP contribution is -2.62. The minimum absolute atomic E-state index is 0.00735. The Labute approximate surface area is 138 Å². The number of phenolic OH excluding ortho intramolecular Hbond substituents is 2. The number of aliphatic carboxylic acids is 1. The monoisotopic (exact) mass is 336 g/mol. The lowest BCUT2D eigenvalue weighted by Gasteiger charge is -2.38. The summed E-state index contributed by atoms with van der Waals surface area (Å²) in [6.45, 7) is 1.81. The first kappa shape index (κ1) is 17.6. The Bertz CT molecular complexity index is 660. The fourth-order valence-electron chi connectivity index (χ4n) is 2.70. The maximum absolute atomic E-state index is 12.6. The van der Waals surface area contributed by atoms with Crippen molar-refractivity contribution in [3.8, 4) is 11.5 Å². The fourth-order valence-corrected chi connectivity index (χ4v) is 2.70. The number of carbonyl (C=O) groups is 3. The molecule has 1 aromatic carbocycles. The average molecular weight is 336 g/mol. The number of aromatic hydroxyl groups is 2. The molecular weight excluding hydrogens is 316 g/mol. The first-order chi connectivity index (χ1) is 11.3. The van der Waals surface area contributed by atoms with Crippen LogP contribution in [0.4, 0.5) is 0 Å². The van der Waals surface area contributed by atoms with Crippen LogP contribution in [0.15, 0.2) is 18.2 Å². The second-order valence-electron chi connectivity index (χ2n) is 5.71. The topological polar surface area (TPSA) is 127 Å². The summed E-state index contributed by atoms with van der Waals surface area (Å²) in [6, 6.07) is 2.61. The number of phenols is 2. The summed E-state index contributed by atoms with van der Waals surface area (Å²) >= 11 is 0. The minimum atomic E-state index is -1.05. The van der Waals surface area contributed by atoms with Gasteiger partial charge in [-0.2, -0.15) is 0 Å². The summed E-state index contributed by atoms with van der Waals surface area (Å²) in [5, 5.41) is 30.4. The molecule has 1 aliphatic rings. The van der Waals surface area contributed by atoms with Crippen molar-refractivity contribution < 1.29 is 29.7 Å². The Kier molecular flexibility index (Phi) is 5.28. The van der Waals surface area contributed by atoms with E-state index in [1.54, 1.807) is 6.92 Å². The first-order valence-corrected chi connectivity index (χ1v) is 7.67. The Morgan fingerprint density at radius 3 is 2.54 bits per heavy atom. The standard InChI is InChI=1S/C16H20N2O6/c1-2-10-16(24)18(8-9-3-5-12(19)13(20)7-9)11(15(23)17-10)4-6-14(21)22/h3,5,7,10-11,19-20H,2,4,6,8H2,1H3,(H,17,23)(H,21,22). The van der Waals surface area contributed by atoms with Crippen molar-refractivity contribution in [2.75, 3.05) is 0 Å². The van der Waals surface area contributed by atoms with Gasteiger partial charge in [-0.05, 0) is 30.5 Å². The number of carbonyl (C=O) groups excluding carboxylic acids is 2. The van der Waals surface area contributed by atoms with Crippen molar-refractivity contribution in [3.63, 3.8) is 0 Å². The number of piperazine rings is 1. The Morgan fingerprint density at radius 2 is 1.96 bits per heavy atom. The van der Waals surface area contributed by atoms with E-state index >= 15 is 0 Å². The third-order valence-electron chi connectivity index (χ3n) is 4.01. The van der Waals surface area contributed by atoms with E-state index in [1.807, 2.05) is 0 Å². The summed E-state index contributed by atoms with van der Waals surface area (Å²) in [4.78, 5) is 37.0. The molecule has 2 amide bonds. The van der Waals surface area contributed by atoms with Gasteiger partial charge in [0, 0.05) is 13.0 Å². The van der Waals surface area contributed by atoms with E-state index in [2.05, 4.69) is 5.32 Å². The smallest absolute Gasteiger partial charge is 0.303 e. The zero-order valence-electron chi connectivity index (χ0n) is 13.2. The molecular formula is C16H20N2O6. The summed E-state index contributed by atoms with van der Waals surface area (Å²) in [7, 11) is 0. The third-order valence-corrected chi connectivity index (χ3v) is 4.01. The van der Waals surface area contributed by atoms with Crippen molar-refractivity contribution in [1.29, 1.82) is 0 Å². The molecule has 0 radical (unpaired) electrons. The molecule has 4 N–H and O–H groups in total. The van der Waals surface area contributed by atoms with Crippen LogP contribution in [0.3, 0.4) is 0 Å². The van der Waals surface area contributed by atoms with Gasteiger partial charge in [0.15, 0.2) is 11.5 Å². The number of carboxylic acid groups (broad SMARTS) is 1. The number of rotatable bonds is 6. The van der Waals surface area contributed by atoms with Gasteiger partial charge in [0.25, 0.3) is 0 Å². The first-order valence-electron chi connectivity index (χ1n) is 7.67. The molecule has 0 aromatic heterocycles. The quantitative estimate of drug-likeness (QED) is 0.562. The molecule has 1 heterocycles. The number of benzene rings is 1. The molecule has 0 bridgehead atoms. The molecule has 0 spiro atoms. The largest absolute Gasteiger partial charge is 0.504 e. The second-order valence-corrected chi connectivity index (χ2v) is 5.71. The van der Waals surface area contributed by atoms with Gasteiger partial charge in [-0.25, -0.2) is 0 Å². The van der Waals surface area contributed by atoms with Crippen LogP contribution in [0.2, 0.25) is 0 Å². The summed E-state index contributed by atoms with van der Waals surface area (Å²) in [6.07, 6.45) is 0.195. The highest BCUT2D eigenvalue weighted by Gasteiger charge is 2.39. The van der Waals surface area contributed by atoms with E-state index in [1.165, 1.54) is 23.1 Å². The third kappa shape index (κ3) is 3.76. The number of amides is 2. The van der Waals surface area contributed by atoms with Gasteiger partial charge in [0.05, 0.1) is 0 Å². The lowest BCUT2D eigenvalue weighted by atomic mass is 10.00. The number of nitrogens with zero attached hydrogens (tertiary/aromatic N) is 1. The van der Waals surface area contributed by atoms with Crippen LogP contribution >= 0.6 is 0 Å². The average Bonchev–Trinajstić information content (AvgIpc) is 2.53. The Morgan fingerprint density at radius 1 is 1.25 bits per heavy atom. The number of hydrogen-bond acceptors (Lipinski definition) is 5. The number of hydrogen-bond donors (Lipinski definition) is 4. The van der Waals surface area contributed by atoms with Crippen LogP contribution in [0.25, 0.3) is 0 Å². The van der Waals surface area contributed by atoms with Crippen molar-refractivity contribution in [1.82, 2.24) is 10.2 Å². The van der Waals surface area contributed by atoms with Crippen molar-refractivity contribution >= 4 is 17.8 Å². The fraction of sp³-hybridized carbons (Fsp3) is 0.438. The molecule has 0 saturated carbocycles. The summed E-state index contributed by atoms with van der Waals surface area (Å²) < 4.78 is 0. The number of carboxylic acids is 1. The van der Waals surface area contributed by atoms with Gasteiger partial charge in [-0.1, -0.05) is 13.0 Å². The van der Waals surface area contributed by atoms with Gasteiger partial charge in [-0.15, -0.1) is 0 Å². The molecule has 1 fully saturated rings. The molecule has 2 atom stereocenters. The zero-order chi connectivity index (χ0) is 17.9. The predicted molar refractivity (Wildman–Crippen MR) is 83.2 cm³/mol. The van der Waals surface area contributed by atoms with Crippen LogP contribution in [0.1, 0.15) is 31.7 Å². The second kappa shape index (κ2) is 7.20. The van der Waals surface area contributed by atoms with E-state index in [-0.39, 0.29) is 42.7 Å². The minimum Gasteiger partial charge on any atom is -0.504 e. The zero-order valence-corrected chi connectivity index (χ0v) is 13.2. The van der Waals surface area contributed by atoms with Gasteiger partial charge < -0.3 is 25.5 Å². The van der Waals surface area contributed by atoms with Crippen LogP contribution in [-0.2, 0) is 20.9 Å². The van der Waals surface area contributed by atoms with Gasteiger partial charge in [-0.3, -0.25) is 14.4 Å². The molecule has 130 valence electrons. The maximum Gasteiger partial charge on any atom is 0.303 e. The van der Waals surface area contributed by atoms with E-state index in [9.17, 15) is 24.6 Å². The van der Waals surface area contributed by atoms with E-state index in [0.717, 1.165) is 0 Å². The lowest BCUT2D eigenvalue weighted by molar-refractivity contribution is -0.151. The van der Waals surface area contributed by atoms with Crippen molar-refractivity contribution in [2.24, 2.45) is 0 Å². The molecule has 0 aliphatic carbocycles. The SMILES string of the molecule is CCC1NC(=O)C(CCC(=O)O)N(Cc2ccc(O)c(O)c2)C1=O. The van der Waals surface area contributed by atoms with Crippen molar-refractivity contribution in [3.05, 3.63) is 23.8 Å². The molecule has 1 aromatic rings. The Hall–Kier alpha value is -2.77. The summed E-state index contributed by atoms with van der Waals surface area (Å²) in [5.74, 6) is -2.33. The molecule has 1 saturated heterocycles. The van der Waals surface area contributed by atoms with Crippen LogP contribution in [-0.4, -0.2) is 50.1 Å². The van der Waals surface area contributed by atoms with Crippen LogP contribution in [0, 0.1) is 0 Å². The molecule has 2 unspecified atom stereocenters. The molecule has 8 heteroatoms. The van der Waals surface area contributed by atoms with E-state index in [4.69, 9.17) is 5.11 Å². The van der Waals surface area contributed by atoms with Crippen molar-refractivity contribution in [2.45, 2.75) is 44.8 Å². The predicted octanol–water partition coefficient (Wildman–Crippen LogP) is 0.568. The van der Waals surface area contributed by atoms with Gasteiger partial charge in [0.2, 0.25) is 11.8 Å². The van der Waals surface area contributed by atoms with Crippen LogP contribution in [0.5, 0.6) is 11.5 Å². The Balaban J connectivity index is 2.26. The molecule has 1 aliphatic heterocycles. The number of nitrogens with one attached hydrogen (secondary N) is 1. The highest BCUT2D eigenvalue weighted by atomic mass is 16.4. The highest BCUT2D eigenvalue weighted by Crippen LogP contribution is 2.27. The molecule has 24 heavy (non-hydrogen) atoms. The van der Waals surface area contributed by atoms with E-state index < -0.39 is 18.1 Å². The van der Waals surface area contributed by atoms with E-state index in [0.29, 0.717) is 12.0 Å². The summed E-state index contributed by atoms with van der Waals surface area (Å²) in [5.41, 5.74) is 0.531. The molecule has 8 nitrogen and oxygen atoms in total.